The summed E-state index contributed by atoms with van der Waals surface area (Å²) < 4.78 is 44.1. The molecule has 10 aliphatic heterocycles. The number of carbonyl (C=O) groups is 3. The first-order chi connectivity index (χ1) is 59.1. The van der Waals surface area contributed by atoms with Gasteiger partial charge in [0.05, 0.1) is 138 Å². The van der Waals surface area contributed by atoms with Gasteiger partial charge in [-0.1, -0.05) is 150 Å². The van der Waals surface area contributed by atoms with Gasteiger partial charge in [-0.25, -0.2) is 29.7 Å². The standard InChI is InChI=1S/C20H26N4O2.C19H24N4O3.C19H24N4O2.C18H23N3O.C17H20ClN3O/c1-3-18(25)23-8-9-24-17(14-23)19(16-6-4-15(2)5-7-16)21-20(24)22-10-12-26-13-11-22;1-14-3-5-15(6-4-14)17-16-13-22(19(24)25-2)7-8-23(16)18(20-17)21-9-11-26-12-10-21;1-14-3-5-16(6-4-14)18-17-13-22(15(2)24)7-8-23(17)19(20-18)21-9-11-25-12-10-21;1-14-5-7-15(8-6-14)17-16-4-2-3-9-21(16)18(19-17)20-10-12-22-13-11-20;18-14-6-4-13(5-7-14)16-15-3-1-2-8-21(15)17(19-16)20-9-11-22-12-10-20/h4-7H,3,8-14H2,1-2H3;3-6H,7-13H2,1-2H3;3-6H,7-13H2,1-2H3;5-8H,2-4,9-13H2,1H3;4-7H,1-3,8-12H2. The number of morpholine rings is 5. The first kappa shape index (κ1) is 84.1. The highest BCUT2D eigenvalue weighted by atomic mass is 35.5. The smallest absolute Gasteiger partial charge is 0.409 e. The fraction of sp³-hybridized carbons (Fsp3) is 0.484. The normalized spacial score (nSPS) is 17.7. The Morgan fingerprint density at radius 1 is 0.331 bits per heavy atom. The lowest BCUT2D eigenvalue weighted by molar-refractivity contribution is -0.132. The molecule has 15 heterocycles. The van der Waals surface area contributed by atoms with Gasteiger partial charge in [0.15, 0.2) is 0 Å². The molecular weight excluding hydrogens is 1550 g/mol. The molecule has 0 unspecified atom stereocenters. The number of amides is 3. The molecule has 0 spiro atoms. The van der Waals surface area contributed by atoms with E-state index in [2.05, 4.69) is 184 Å². The number of hydrogen-bond donors (Lipinski definition) is 0. The van der Waals surface area contributed by atoms with Crippen LogP contribution < -0.4 is 24.5 Å². The first-order valence-corrected chi connectivity index (χ1v) is 44.0. The van der Waals surface area contributed by atoms with Crippen molar-refractivity contribution in [2.75, 3.05) is 183 Å². The fourth-order valence-electron chi connectivity index (χ4n) is 17.7. The topological polar surface area (TPSA) is 222 Å². The van der Waals surface area contributed by atoms with E-state index < -0.39 is 0 Å². The molecule has 10 aliphatic rings. The van der Waals surface area contributed by atoms with Crippen molar-refractivity contribution in [3.8, 4) is 56.3 Å². The maximum absolute atomic E-state index is 12.2. The Morgan fingerprint density at radius 2 is 0.587 bits per heavy atom. The van der Waals surface area contributed by atoms with Crippen molar-refractivity contribution in [3.63, 3.8) is 0 Å². The second-order valence-electron chi connectivity index (χ2n) is 32.7. The van der Waals surface area contributed by atoms with Crippen molar-refractivity contribution >= 4 is 59.3 Å². The number of hydrogen-bond acceptors (Lipinski definition) is 19. The van der Waals surface area contributed by atoms with E-state index in [-0.39, 0.29) is 17.9 Å². The Labute approximate surface area is 715 Å². The minimum Gasteiger partial charge on any atom is -0.453 e. The molecule has 0 bridgehead atoms. The van der Waals surface area contributed by atoms with Gasteiger partial charge in [-0.2, -0.15) is 0 Å². The zero-order valence-electron chi connectivity index (χ0n) is 71.5. The van der Waals surface area contributed by atoms with Crippen molar-refractivity contribution in [2.24, 2.45) is 0 Å². The Hall–Kier alpha value is -10.6. The summed E-state index contributed by atoms with van der Waals surface area (Å²) in [5.41, 5.74) is 22.0. The molecule has 0 aliphatic carbocycles. The lowest BCUT2D eigenvalue weighted by atomic mass is 10.0. The number of fused-ring (bicyclic) bond motifs is 5. The van der Waals surface area contributed by atoms with E-state index in [9.17, 15) is 14.4 Å². The number of imidazole rings is 5. The van der Waals surface area contributed by atoms with Gasteiger partial charge in [0.2, 0.25) is 41.6 Å². The summed E-state index contributed by atoms with van der Waals surface area (Å²) in [5, 5.41) is 0.769. The fourth-order valence-corrected chi connectivity index (χ4v) is 17.8. The molecule has 20 rings (SSSR count). The molecule has 121 heavy (non-hydrogen) atoms. The van der Waals surface area contributed by atoms with E-state index in [0.29, 0.717) is 32.6 Å². The molecule has 0 saturated carbocycles. The van der Waals surface area contributed by atoms with Crippen LogP contribution in [-0.2, 0) is 103 Å². The van der Waals surface area contributed by atoms with E-state index in [1.54, 1.807) is 11.8 Å². The minimum atomic E-state index is -0.291. The van der Waals surface area contributed by atoms with Gasteiger partial charge in [0.1, 0.15) is 0 Å². The molecule has 0 radical (unpaired) electrons. The van der Waals surface area contributed by atoms with Crippen LogP contribution in [0.15, 0.2) is 121 Å². The molecule has 5 saturated heterocycles. The molecule has 640 valence electrons. The zero-order chi connectivity index (χ0) is 83.5. The number of aryl methyl sites for hydroxylation is 4. The summed E-state index contributed by atoms with van der Waals surface area (Å²) in [5.74, 6) is 5.59. The number of carbonyl (C=O) groups excluding carboxylic acids is 3. The second-order valence-corrected chi connectivity index (χ2v) is 33.1. The van der Waals surface area contributed by atoms with Gasteiger partial charge in [-0.15, -0.1) is 0 Å². The Morgan fingerprint density at radius 3 is 0.876 bits per heavy atom. The molecule has 0 atom stereocenters. The Balaban J connectivity index is 0.000000113. The van der Waals surface area contributed by atoms with Crippen molar-refractivity contribution in [1.29, 1.82) is 0 Å². The lowest BCUT2D eigenvalue weighted by Crippen LogP contribution is -2.41. The predicted molar refractivity (Wildman–Crippen MR) is 473 cm³/mol. The van der Waals surface area contributed by atoms with Gasteiger partial charge in [-0.05, 0) is 78.4 Å². The highest BCUT2D eigenvalue weighted by Gasteiger charge is 2.35. The van der Waals surface area contributed by atoms with Crippen LogP contribution in [-0.4, -0.2) is 239 Å². The van der Waals surface area contributed by atoms with E-state index in [1.165, 1.54) is 77.7 Å². The summed E-state index contributed by atoms with van der Waals surface area (Å²) in [6.45, 7) is 36.8. The minimum absolute atomic E-state index is 0.121. The average molecular weight is 1670 g/mol. The van der Waals surface area contributed by atoms with Crippen molar-refractivity contribution in [1.82, 2.24) is 62.5 Å². The SMILES string of the molecule is CC(=O)N1CCn2c(N3CCOCC3)nc(-c3ccc(C)cc3)c2C1.CCC(=O)N1CCn2c(N3CCOCC3)nc(-c3ccc(C)cc3)c2C1.COC(=O)N1CCn2c(N3CCOCC3)nc(-c3ccc(C)cc3)c2C1.Cc1ccc(-c2nc(N3CCOCC3)n3c2CCCC3)cc1.Clc1ccc(-c2nc(N3CCOCC3)n3c2CCCC3)cc1. The Kier molecular flexibility index (Phi) is 27.2. The van der Waals surface area contributed by atoms with Gasteiger partial charge < -0.3 is 90.5 Å². The van der Waals surface area contributed by atoms with Gasteiger partial charge in [0.25, 0.3) is 0 Å². The van der Waals surface area contributed by atoms with Crippen molar-refractivity contribution in [3.05, 3.63) is 177 Å². The predicted octanol–water partition coefficient (Wildman–Crippen LogP) is 13.2. The summed E-state index contributed by atoms with van der Waals surface area (Å²) >= 11 is 6.02. The molecule has 28 heteroatoms. The van der Waals surface area contributed by atoms with Crippen molar-refractivity contribution in [2.45, 2.75) is 139 Å². The third-order valence-electron chi connectivity index (χ3n) is 24.6. The third-order valence-corrected chi connectivity index (χ3v) is 24.8. The maximum Gasteiger partial charge on any atom is 0.409 e. The number of anilines is 5. The highest BCUT2D eigenvalue weighted by Crippen LogP contribution is 2.39. The monoisotopic (exact) mass is 1660 g/mol. The zero-order valence-corrected chi connectivity index (χ0v) is 72.3. The van der Waals surface area contributed by atoms with Gasteiger partial charge >= 0.3 is 6.09 Å². The molecule has 10 aromatic rings. The van der Waals surface area contributed by atoms with Crippen LogP contribution in [0.4, 0.5) is 34.5 Å². The molecule has 0 N–H and O–H groups in total. The molecule has 27 nitrogen and oxygen atoms in total. The van der Waals surface area contributed by atoms with Crippen LogP contribution >= 0.6 is 11.6 Å². The van der Waals surface area contributed by atoms with Crippen LogP contribution in [0.2, 0.25) is 5.02 Å². The van der Waals surface area contributed by atoms with E-state index in [0.717, 1.165) is 287 Å². The van der Waals surface area contributed by atoms with Crippen molar-refractivity contribution < 1.29 is 42.8 Å². The van der Waals surface area contributed by atoms with Gasteiger partial charge in [-0.3, -0.25) is 9.59 Å². The van der Waals surface area contributed by atoms with Crippen LogP contribution in [0, 0.1) is 27.7 Å². The number of rotatable bonds is 11. The van der Waals surface area contributed by atoms with Crippen LogP contribution in [0.5, 0.6) is 0 Å². The van der Waals surface area contributed by atoms with E-state index >= 15 is 0 Å². The third kappa shape index (κ3) is 19.2. The summed E-state index contributed by atoms with van der Waals surface area (Å²) in [7, 11) is 1.42. The maximum atomic E-state index is 12.2. The van der Waals surface area contributed by atoms with Crippen LogP contribution in [0.1, 0.15) is 96.7 Å². The number of methoxy groups -OCH3 is 1. The second kappa shape index (κ2) is 39.1. The number of aromatic nitrogens is 10. The number of ether oxygens (including phenoxy) is 6. The first-order valence-electron chi connectivity index (χ1n) is 43.6. The van der Waals surface area contributed by atoms with E-state index in [4.69, 9.17) is 64.9 Å². The molecule has 3 amide bonds. The highest BCUT2D eigenvalue weighted by molar-refractivity contribution is 6.30. The van der Waals surface area contributed by atoms with Gasteiger partial charge in [0, 0.05) is 175 Å². The lowest BCUT2D eigenvalue weighted by Gasteiger charge is -2.32. The summed E-state index contributed by atoms with van der Waals surface area (Å²) in [6, 6.07) is 42.1. The largest absolute Gasteiger partial charge is 0.453 e. The van der Waals surface area contributed by atoms with E-state index in [1.807, 2.05) is 28.9 Å². The molecule has 5 fully saturated rings. The summed E-state index contributed by atoms with van der Waals surface area (Å²) in [6.07, 6.45) is 7.51. The van der Waals surface area contributed by atoms with Crippen LogP contribution in [0.25, 0.3) is 56.3 Å². The van der Waals surface area contributed by atoms with Crippen LogP contribution in [0.3, 0.4) is 0 Å². The average Bonchev–Trinajstić information content (AvgIpc) is 1.65. The number of halogens is 1. The summed E-state index contributed by atoms with van der Waals surface area (Å²) in [4.78, 5) is 78.4. The number of nitrogens with zero attached hydrogens (tertiary/aromatic N) is 18. The Bertz CT molecular complexity index is 4910. The number of benzene rings is 5. The molecule has 5 aromatic carbocycles. The molecular formula is C93H117ClN18O9. The molecule has 5 aromatic heterocycles. The quantitative estimate of drug-likeness (QED) is 0.117.